The average molecular weight is 655 g/mol. The monoisotopic (exact) mass is 653 g/mol. The van der Waals surface area contributed by atoms with E-state index in [0.717, 1.165) is 5.56 Å². The largest absolute Gasteiger partial charge is 0.488 e. The number of halogens is 3. The molecule has 0 bridgehead atoms. The van der Waals surface area contributed by atoms with Crippen LogP contribution < -0.4 is 9.46 Å². The molecule has 0 aliphatic carbocycles. The van der Waals surface area contributed by atoms with Crippen LogP contribution in [0.2, 0.25) is 15.1 Å². The van der Waals surface area contributed by atoms with Gasteiger partial charge in [-0.25, -0.2) is 8.42 Å². The molecule has 1 aliphatic rings. The lowest BCUT2D eigenvalue weighted by Crippen LogP contribution is -2.47. The Balaban J connectivity index is 1.62. The Labute approximate surface area is 262 Å². The molecule has 2 N–H and O–H groups in total. The van der Waals surface area contributed by atoms with Gasteiger partial charge in [-0.15, -0.1) is 0 Å². The highest BCUT2D eigenvalue weighted by molar-refractivity contribution is 7.92. The van der Waals surface area contributed by atoms with E-state index >= 15 is 0 Å². The van der Waals surface area contributed by atoms with Crippen molar-refractivity contribution in [2.24, 2.45) is 5.92 Å². The van der Waals surface area contributed by atoms with Gasteiger partial charge in [-0.2, -0.15) is 0 Å². The number of carbonyl (C=O) groups excluding carboxylic acids is 1. The molecule has 0 saturated carbocycles. The number of carbonyl (C=O) groups is 1. The molecule has 0 aromatic heterocycles. The van der Waals surface area contributed by atoms with Crippen molar-refractivity contribution in [2.75, 3.05) is 31.5 Å². The van der Waals surface area contributed by atoms with Crippen molar-refractivity contribution in [3.63, 3.8) is 0 Å². The minimum absolute atomic E-state index is 0.0191. The Hall–Kier alpha value is -2.53. The second-order valence-electron chi connectivity index (χ2n) is 10.7. The van der Waals surface area contributed by atoms with Crippen molar-refractivity contribution in [2.45, 2.75) is 43.9 Å². The van der Waals surface area contributed by atoms with Gasteiger partial charge in [0, 0.05) is 41.8 Å². The molecule has 0 saturated heterocycles. The summed E-state index contributed by atoms with van der Waals surface area (Å²) >= 11 is 18.2. The summed E-state index contributed by atoms with van der Waals surface area (Å²) in [5.74, 6) is 0.222. The van der Waals surface area contributed by atoms with Crippen LogP contribution in [0.3, 0.4) is 0 Å². The van der Waals surface area contributed by atoms with E-state index < -0.39 is 16.1 Å². The Morgan fingerprint density at radius 1 is 1.07 bits per heavy atom. The quantitative estimate of drug-likeness (QED) is 0.306. The molecule has 1 aliphatic heterocycles. The lowest BCUT2D eigenvalue weighted by Gasteiger charge is -2.34. The van der Waals surface area contributed by atoms with Gasteiger partial charge in [0.1, 0.15) is 11.9 Å². The second-order valence-corrected chi connectivity index (χ2v) is 13.6. The van der Waals surface area contributed by atoms with Crippen LogP contribution in [0.4, 0.5) is 5.69 Å². The van der Waals surface area contributed by atoms with E-state index in [1.165, 1.54) is 24.3 Å². The minimum Gasteiger partial charge on any atom is -0.488 e. The van der Waals surface area contributed by atoms with E-state index in [4.69, 9.17) is 39.5 Å². The number of aliphatic hydroxyl groups excluding tert-OH is 1. The summed E-state index contributed by atoms with van der Waals surface area (Å²) in [6.07, 6.45) is -0.346. The SMILES string of the molecule is C[C@@H]1CN([C@@H](C)CO)C(=O)Cc2cc(NS(=O)(=O)c3ccc(Cl)cc3)ccc2O[C@@H]1CN(C)Cc1ccc(Cl)c(Cl)c1. The number of nitrogens with one attached hydrogen (secondary N) is 1. The van der Waals surface area contributed by atoms with Crippen LogP contribution in [0.15, 0.2) is 65.6 Å². The summed E-state index contributed by atoms with van der Waals surface area (Å²) in [4.78, 5) is 17.3. The van der Waals surface area contributed by atoms with Crippen LogP contribution >= 0.6 is 34.8 Å². The molecule has 8 nitrogen and oxygen atoms in total. The molecule has 226 valence electrons. The highest BCUT2D eigenvalue weighted by Crippen LogP contribution is 2.31. The summed E-state index contributed by atoms with van der Waals surface area (Å²) in [7, 11) is -1.92. The second kappa shape index (κ2) is 13.8. The third kappa shape index (κ3) is 8.09. The zero-order valence-electron chi connectivity index (χ0n) is 23.6. The van der Waals surface area contributed by atoms with E-state index in [1.807, 2.05) is 26.1 Å². The number of ether oxygens (including phenoxy) is 1. The fourth-order valence-corrected chi connectivity index (χ4v) is 6.36. The fraction of sp³-hybridized carbons (Fsp3) is 0.367. The molecule has 42 heavy (non-hydrogen) atoms. The first-order valence-electron chi connectivity index (χ1n) is 13.5. The van der Waals surface area contributed by atoms with Gasteiger partial charge in [0.15, 0.2) is 0 Å². The maximum atomic E-state index is 13.5. The number of hydrogen-bond acceptors (Lipinski definition) is 6. The molecule has 12 heteroatoms. The summed E-state index contributed by atoms with van der Waals surface area (Å²) in [5, 5.41) is 11.3. The molecule has 0 fully saturated rings. The van der Waals surface area contributed by atoms with Gasteiger partial charge in [-0.3, -0.25) is 14.4 Å². The van der Waals surface area contributed by atoms with Crippen molar-refractivity contribution in [3.05, 3.63) is 86.9 Å². The number of benzene rings is 3. The number of rotatable bonds is 9. The van der Waals surface area contributed by atoms with Gasteiger partial charge in [0.2, 0.25) is 5.91 Å². The van der Waals surface area contributed by atoms with E-state index in [9.17, 15) is 18.3 Å². The lowest BCUT2D eigenvalue weighted by molar-refractivity contribution is -0.134. The normalized spacial score (nSPS) is 18.5. The number of hydrogen-bond donors (Lipinski definition) is 2. The third-order valence-corrected chi connectivity index (χ3v) is 9.61. The predicted molar refractivity (Wildman–Crippen MR) is 167 cm³/mol. The van der Waals surface area contributed by atoms with E-state index in [0.29, 0.717) is 51.7 Å². The van der Waals surface area contributed by atoms with Crippen molar-refractivity contribution in [3.8, 4) is 5.75 Å². The van der Waals surface area contributed by atoms with Crippen LogP contribution in [0.25, 0.3) is 0 Å². The van der Waals surface area contributed by atoms with Crippen molar-refractivity contribution in [1.82, 2.24) is 9.80 Å². The van der Waals surface area contributed by atoms with E-state index in [-0.39, 0.29) is 35.9 Å². The molecular formula is C30H34Cl3N3O5S. The smallest absolute Gasteiger partial charge is 0.261 e. The lowest BCUT2D eigenvalue weighted by atomic mass is 10.0. The van der Waals surface area contributed by atoms with Crippen LogP contribution in [0, 0.1) is 5.92 Å². The van der Waals surface area contributed by atoms with Crippen molar-refractivity contribution in [1.29, 1.82) is 0 Å². The first-order valence-corrected chi connectivity index (χ1v) is 16.1. The molecule has 0 spiro atoms. The van der Waals surface area contributed by atoms with E-state index in [2.05, 4.69) is 9.62 Å². The van der Waals surface area contributed by atoms with Crippen LogP contribution in [0.5, 0.6) is 5.75 Å². The van der Waals surface area contributed by atoms with Crippen molar-refractivity contribution < 1.29 is 23.1 Å². The van der Waals surface area contributed by atoms with Gasteiger partial charge in [0.25, 0.3) is 10.0 Å². The summed E-state index contributed by atoms with van der Waals surface area (Å²) in [6, 6.07) is 15.9. The number of nitrogens with zero attached hydrogens (tertiary/aromatic N) is 2. The highest BCUT2D eigenvalue weighted by Gasteiger charge is 2.31. The molecule has 0 radical (unpaired) electrons. The molecule has 3 aromatic rings. The Morgan fingerprint density at radius 2 is 1.79 bits per heavy atom. The number of sulfonamides is 1. The number of likely N-dealkylation sites (N-methyl/N-ethyl adjacent to an activating group) is 1. The third-order valence-electron chi connectivity index (χ3n) is 7.22. The van der Waals surface area contributed by atoms with Crippen molar-refractivity contribution >= 4 is 56.4 Å². The van der Waals surface area contributed by atoms with E-state index in [1.54, 1.807) is 36.1 Å². The van der Waals surface area contributed by atoms with Gasteiger partial charge in [0.05, 0.1) is 34.0 Å². The Bertz CT molecular complexity index is 1520. The highest BCUT2D eigenvalue weighted by atomic mass is 35.5. The number of fused-ring (bicyclic) bond motifs is 1. The predicted octanol–water partition coefficient (Wildman–Crippen LogP) is 5.73. The average Bonchev–Trinajstić information content (AvgIpc) is 2.98. The van der Waals surface area contributed by atoms with Gasteiger partial charge in [-0.1, -0.05) is 47.8 Å². The summed E-state index contributed by atoms with van der Waals surface area (Å²) in [6.45, 7) is 5.14. The Kier molecular flexibility index (Phi) is 10.7. The number of aliphatic hydroxyl groups is 1. The van der Waals surface area contributed by atoms with Gasteiger partial charge >= 0.3 is 0 Å². The maximum Gasteiger partial charge on any atom is 0.261 e. The minimum atomic E-state index is -3.90. The van der Waals surface area contributed by atoms with Gasteiger partial charge < -0.3 is 14.7 Å². The zero-order chi connectivity index (χ0) is 30.6. The molecule has 1 heterocycles. The summed E-state index contributed by atoms with van der Waals surface area (Å²) < 4.78 is 35.1. The molecule has 3 atom stereocenters. The molecular weight excluding hydrogens is 621 g/mol. The number of amides is 1. The first-order chi connectivity index (χ1) is 19.9. The standard InChI is InChI=1S/C30H34Cl3N3O5S/c1-19-15-36(20(2)18-37)30(38)14-22-13-24(34-42(39,40)25-8-5-23(31)6-9-25)7-11-28(22)41-29(19)17-35(3)16-21-4-10-26(32)27(33)12-21/h4-13,19-20,29,34,37H,14-18H2,1-3H3/t19-,20+,29-/m1/s1. The molecule has 4 rings (SSSR count). The molecule has 1 amide bonds. The number of anilines is 1. The Morgan fingerprint density at radius 3 is 2.45 bits per heavy atom. The van der Waals surface area contributed by atoms with Gasteiger partial charge in [-0.05, 0) is 74.1 Å². The maximum absolute atomic E-state index is 13.5. The van der Waals surface area contributed by atoms with Crippen LogP contribution in [0.1, 0.15) is 25.0 Å². The fourth-order valence-electron chi connectivity index (χ4n) is 4.86. The topological polar surface area (TPSA) is 99.2 Å². The first kappa shape index (κ1) is 32.4. The van der Waals surface area contributed by atoms with Crippen LogP contribution in [-0.2, 0) is 27.8 Å². The zero-order valence-corrected chi connectivity index (χ0v) is 26.6. The van der Waals surface area contributed by atoms with Crippen LogP contribution in [-0.4, -0.2) is 68.1 Å². The molecule has 3 aromatic carbocycles. The summed E-state index contributed by atoms with van der Waals surface area (Å²) in [5.41, 5.74) is 1.83. The molecule has 0 unspecified atom stereocenters.